The molecule has 0 saturated heterocycles. The largest absolute Gasteiger partial charge is 0.328 e. The fourth-order valence-electron chi connectivity index (χ4n) is 2.23. The van der Waals surface area contributed by atoms with Gasteiger partial charge in [-0.05, 0) is 38.0 Å². The van der Waals surface area contributed by atoms with E-state index in [2.05, 4.69) is 13.8 Å². The summed E-state index contributed by atoms with van der Waals surface area (Å²) < 4.78 is 14.1. The molecule has 0 heterocycles. The molecule has 2 heteroatoms. The van der Waals surface area contributed by atoms with Gasteiger partial charge in [0.2, 0.25) is 0 Å². The number of alkyl halides is 1. The molecule has 0 spiro atoms. The van der Waals surface area contributed by atoms with Crippen LogP contribution in [-0.2, 0) is 0 Å². The normalized spacial score (nSPS) is 33.6. The smallest absolute Gasteiger partial charge is 0.111 e. The molecule has 0 radical (unpaired) electrons. The Bertz CT molecular complexity index is 160. The van der Waals surface area contributed by atoms with Gasteiger partial charge in [0, 0.05) is 6.04 Å². The SMILES string of the molecule is CC(C)CCCC1(F)CCC(N)CC1. The summed E-state index contributed by atoms with van der Waals surface area (Å²) in [7, 11) is 0. The van der Waals surface area contributed by atoms with Crippen LogP contribution in [0.15, 0.2) is 0 Å². The van der Waals surface area contributed by atoms with E-state index in [1.165, 1.54) is 0 Å². The van der Waals surface area contributed by atoms with E-state index in [4.69, 9.17) is 5.73 Å². The van der Waals surface area contributed by atoms with E-state index < -0.39 is 5.67 Å². The van der Waals surface area contributed by atoms with Gasteiger partial charge in [-0.1, -0.05) is 26.7 Å². The van der Waals surface area contributed by atoms with Crippen LogP contribution in [0.5, 0.6) is 0 Å². The van der Waals surface area contributed by atoms with E-state index >= 15 is 0 Å². The maximum Gasteiger partial charge on any atom is 0.111 e. The Hall–Kier alpha value is -0.110. The van der Waals surface area contributed by atoms with Crippen LogP contribution in [0.4, 0.5) is 4.39 Å². The third-order valence-electron chi connectivity index (χ3n) is 3.33. The maximum absolute atomic E-state index is 14.1. The minimum atomic E-state index is -0.884. The van der Waals surface area contributed by atoms with Crippen LogP contribution in [0.1, 0.15) is 58.8 Å². The molecule has 1 nitrogen and oxygen atoms in total. The highest BCUT2D eigenvalue weighted by molar-refractivity contribution is 4.87. The predicted octanol–water partition coefficient (Wildman–Crippen LogP) is 3.42. The van der Waals surface area contributed by atoms with E-state index in [1.54, 1.807) is 0 Å². The van der Waals surface area contributed by atoms with Crippen molar-refractivity contribution in [1.29, 1.82) is 0 Å². The highest BCUT2D eigenvalue weighted by Gasteiger charge is 2.33. The number of rotatable bonds is 4. The van der Waals surface area contributed by atoms with E-state index in [0.29, 0.717) is 18.8 Å². The lowest BCUT2D eigenvalue weighted by Crippen LogP contribution is -2.35. The Morgan fingerprint density at radius 3 is 2.43 bits per heavy atom. The van der Waals surface area contributed by atoms with Gasteiger partial charge < -0.3 is 5.73 Å². The number of halogens is 1. The van der Waals surface area contributed by atoms with E-state index in [9.17, 15) is 4.39 Å². The Labute approximate surface area is 87.3 Å². The van der Waals surface area contributed by atoms with Gasteiger partial charge in [0.05, 0.1) is 0 Å². The number of hydrogen-bond donors (Lipinski definition) is 1. The minimum Gasteiger partial charge on any atom is -0.328 e. The van der Waals surface area contributed by atoms with Crippen molar-refractivity contribution in [2.45, 2.75) is 70.5 Å². The monoisotopic (exact) mass is 201 g/mol. The first kappa shape index (κ1) is 12.0. The highest BCUT2D eigenvalue weighted by atomic mass is 19.1. The molecule has 0 unspecified atom stereocenters. The first-order valence-electron chi connectivity index (χ1n) is 5.96. The second-order valence-corrected chi connectivity index (χ2v) is 5.27. The van der Waals surface area contributed by atoms with Crippen LogP contribution in [-0.4, -0.2) is 11.7 Å². The predicted molar refractivity (Wildman–Crippen MR) is 59.0 cm³/mol. The molecule has 0 aliphatic heterocycles. The van der Waals surface area contributed by atoms with Crippen molar-refractivity contribution in [3.05, 3.63) is 0 Å². The first-order valence-corrected chi connectivity index (χ1v) is 5.96. The van der Waals surface area contributed by atoms with Gasteiger partial charge in [0.15, 0.2) is 0 Å². The van der Waals surface area contributed by atoms with Gasteiger partial charge >= 0.3 is 0 Å². The molecule has 1 saturated carbocycles. The summed E-state index contributed by atoms with van der Waals surface area (Å²) in [6.07, 6.45) is 6.05. The van der Waals surface area contributed by atoms with Crippen LogP contribution in [0.25, 0.3) is 0 Å². The molecule has 84 valence electrons. The highest BCUT2D eigenvalue weighted by Crippen LogP contribution is 2.35. The van der Waals surface area contributed by atoms with Crippen molar-refractivity contribution >= 4 is 0 Å². The van der Waals surface area contributed by atoms with Crippen LogP contribution in [0, 0.1) is 5.92 Å². The Balaban J connectivity index is 2.21. The zero-order valence-corrected chi connectivity index (χ0v) is 9.56. The average Bonchev–Trinajstić information content (AvgIpc) is 2.10. The Morgan fingerprint density at radius 2 is 1.93 bits per heavy atom. The minimum absolute atomic E-state index is 0.254. The van der Waals surface area contributed by atoms with Crippen molar-refractivity contribution in [3.8, 4) is 0 Å². The molecule has 1 aliphatic carbocycles. The van der Waals surface area contributed by atoms with Crippen molar-refractivity contribution in [2.75, 3.05) is 0 Å². The summed E-state index contributed by atoms with van der Waals surface area (Å²) in [6, 6.07) is 0.254. The van der Waals surface area contributed by atoms with Gasteiger partial charge in [-0.3, -0.25) is 0 Å². The Kier molecular flexibility index (Phi) is 4.36. The molecule has 0 aromatic rings. The van der Waals surface area contributed by atoms with Gasteiger partial charge in [0.1, 0.15) is 5.67 Å². The molecular formula is C12H24FN. The molecule has 2 N–H and O–H groups in total. The van der Waals surface area contributed by atoms with Crippen molar-refractivity contribution in [1.82, 2.24) is 0 Å². The third-order valence-corrected chi connectivity index (χ3v) is 3.33. The van der Waals surface area contributed by atoms with E-state index in [-0.39, 0.29) is 6.04 Å². The standard InChI is InChI=1S/C12H24FN/c1-10(2)4-3-7-12(13)8-5-11(14)6-9-12/h10-11H,3-9,14H2,1-2H3. The molecule has 0 amide bonds. The molecule has 0 atom stereocenters. The quantitative estimate of drug-likeness (QED) is 0.741. The van der Waals surface area contributed by atoms with Crippen LogP contribution in [0.3, 0.4) is 0 Å². The van der Waals surface area contributed by atoms with E-state index in [0.717, 1.165) is 32.1 Å². The fraction of sp³-hybridized carbons (Fsp3) is 1.00. The second-order valence-electron chi connectivity index (χ2n) is 5.27. The zero-order valence-electron chi connectivity index (χ0n) is 9.56. The van der Waals surface area contributed by atoms with E-state index in [1.807, 2.05) is 0 Å². The molecule has 1 fully saturated rings. The van der Waals surface area contributed by atoms with Crippen molar-refractivity contribution in [3.63, 3.8) is 0 Å². The second kappa shape index (κ2) is 5.11. The molecule has 1 rings (SSSR count). The lowest BCUT2D eigenvalue weighted by atomic mass is 9.80. The summed E-state index contributed by atoms with van der Waals surface area (Å²) in [4.78, 5) is 0. The zero-order chi connectivity index (χ0) is 10.6. The number of hydrogen-bond acceptors (Lipinski definition) is 1. The van der Waals surface area contributed by atoms with Crippen LogP contribution < -0.4 is 5.73 Å². The van der Waals surface area contributed by atoms with Gasteiger partial charge in [0.25, 0.3) is 0 Å². The maximum atomic E-state index is 14.1. The number of nitrogens with two attached hydrogens (primary N) is 1. The lowest BCUT2D eigenvalue weighted by molar-refractivity contribution is 0.0849. The van der Waals surface area contributed by atoms with Crippen molar-refractivity contribution in [2.24, 2.45) is 11.7 Å². The summed E-state index contributed by atoms with van der Waals surface area (Å²) >= 11 is 0. The van der Waals surface area contributed by atoms with Gasteiger partial charge in [-0.2, -0.15) is 0 Å². The average molecular weight is 201 g/mol. The third kappa shape index (κ3) is 3.95. The van der Waals surface area contributed by atoms with Gasteiger partial charge in [-0.15, -0.1) is 0 Å². The summed E-state index contributed by atoms with van der Waals surface area (Å²) in [6.45, 7) is 4.39. The van der Waals surface area contributed by atoms with Crippen molar-refractivity contribution < 1.29 is 4.39 Å². The van der Waals surface area contributed by atoms with Crippen LogP contribution >= 0.6 is 0 Å². The summed E-state index contributed by atoms with van der Waals surface area (Å²) in [5.41, 5.74) is 4.88. The first-order chi connectivity index (χ1) is 6.52. The topological polar surface area (TPSA) is 26.0 Å². The molecule has 0 aromatic carbocycles. The van der Waals surface area contributed by atoms with Crippen LogP contribution in [0.2, 0.25) is 0 Å². The molecule has 0 bridgehead atoms. The Morgan fingerprint density at radius 1 is 1.36 bits per heavy atom. The van der Waals surface area contributed by atoms with Gasteiger partial charge in [-0.25, -0.2) is 4.39 Å². The molecule has 1 aliphatic rings. The summed E-state index contributed by atoms with van der Waals surface area (Å²) in [5.74, 6) is 0.699. The lowest BCUT2D eigenvalue weighted by Gasteiger charge is -2.32. The fourth-order valence-corrected chi connectivity index (χ4v) is 2.23. The molecular weight excluding hydrogens is 177 g/mol. The summed E-state index contributed by atoms with van der Waals surface area (Å²) in [5, 5.41) is 0. The molecule has 14 heavy (non-hydrogen) atoms. The molecule has 0 aromatic heterocycles.